The Morgan fingerprint density at radius 1 is 1.42 bits per heavy atom. The Labute approximate surface area is 109 Å². The average molecular weight is 285 g/mol. The number of hydrogen-bond acceptors (Lipinski definition) is 5. The zero-order chi connectivity index (χ0) is 14.2. The van der Waals surface area contributed by atoms with Crippen LogP contribution in [0.2, 0.25) is 0 Å². The molecule has 102 valence electrons. The van der Waals surface area contributed by atoms with Gasteiger partial charge in [0.1, 0.15) is 11.5 Å². The minimum absolute atomic E-state index is 0.103. The molecule has 0 bridgehead atoms. The number of aromatic nitrogens is 1. The van der Waals surface area contributed by atoms with Gasteiger partial charge in [0, 0.05) is 11.8 Å². The van der Waals surface area contributed by atoms with Gasteiger partial charge in [0.05, 0.1) is 17.1 Å². The van der Waals surface area contributed by atoms with Gasteiger partial charge in [-0.05, 0) is 25.1 Å². The van der Waals surface area contributed by atoms with Crippen molar-refractivity contribution < 1.29 is 22.4 Å². The van der Waals surface area contributed by atoms with Crippen molar-refractivity contribution in [2.45, 2.75) is 18.4 Å². The number of sulfone groups is 1. The Morgan fingerprint density at radius 2 is 2.11 bits per heavy atom. The van der Waals surface area contributed by atoms with Crippen molar-refractivity contribution >= 4 is 9.84 Å². The van der Waals surface area contributed by atoms with E-state index in [2.05, 4.69) is 5.16 Å². The van der Waals surface area contributed by atoms with E-state index >= 15 is 0 Å². The maximum Gasteiger partial charge on any atom is 0.175 e. The van der Waals surface area contributed by atoms with Gasteiger partial charge in [-0.25, -0.2) is 12.8 Å². The normalized spacial score (nSPS) is 11.8. The van der Waals surface area contributed by atoms with Crippen LogP contribution in [-0.4, -0.2) is 24.9 Å². The summed E-state index contributed by atoms with van der Waals surface area (Å²) >= 11 is 0. The van der Waals surface area contributed by atoms with E-state index in [4.69, 9.17) is 9.63 Å². The standard InChI is InChI=1S/C12H12FNO4S/c1-7-11(6-15)14-18-12(7)9-4-3-8(5-10(9)13)19(2,16)17/h3-5,15H,6H2,1-2H3. The van der Waals surface area contributed by atoms with Gasteiger partial charge < -0.3 is 9.63 Å². The molecule has 0 fully saturated rings. The molecular formula is C12H12FNO4S. The van der Waals surface area contributed by atoms with E-state index in [1.807, 2.05) is 0 Å². The lowest BCUT2D eigenvalue weighted by molar-refractivity contribution is 0.266. The fourth-order valence-electron chi connectivity index (χ4n) is 1.68. The maximum absolute atomic E-state index is 13.9. The lowest BCUT2D eigenvalue weighted by Crippen LogP contribution is -1.98. The number of aliphatic hydroxyl groups excluding tert-OH is 1. The van der Waals surface area contributed by atoms with Gasteiger partial charge >= 0.3 is 0 Å². The third kappa shape index (κ3) is 2.52. The predicted molar refractivity (Wildman–Crippen MR) is 65.7 cm³/mol. The molecule has 7 heteroatoms. The minimum Gasteiger partial charge on any atom is -0.390 e. The number of aliphatic hydroxyl groups is 1. The molecule has 0 spiro atoms. The molecule has 1 heterocycles. The third-order valence-electron chi connectivity index (χ3n) is 2.78. The quantitative estimate of drug-likeness (QED) is 0.928. The number of halogens is 1. The Kier molecular flexibility index (Phi) is 3.42. The topological polar surface area (TPSA) is 80.4 Å². The SMILES string of the molecule is Cc1c(CO)noc1-c1ccc(S(C)(=O)=O)cc1F. The van der Waals surface area contributed by atoms with E-state index in [1.54, 1.807) is 6.92 Å². The van der Waals surface area contributed by atoms with Crippen LogP contribution < -0.4 is 0 Å². The predicted octanol–water partition coefficient (Wildman–Crippen LogP) is 1.68. The second kappa shape index (κ2) is 4.75. The molecule has 0 unspecified atom stereocenters. The Balaban J connectivity index is 2.55. The molecule has 0 aliphatic heterocycles. The van der Waals surface area contributed by atoms with E-state index in [0.29, 0.717) is 11.3 Å². The molecule has 19 heavy (non-hydrogen) atoms. The summed E-state index contributed by atoms with van der Waals surface area (Å²) in [6.45, 7) is 1.33. The minimum atomic E-state index is -3.46. The zero-order valence-corrected chi connectivity index (χ0v) is 11.2. The van der Waals surface area contributed by atoms with Gasteiger partial charge in [-0.2, -0.15) is 0 Å². The van der Waals surface area contributed by atoms with E-state index < -0.39 is 15.7 Å². The largest absolute Gasteiger partial charge is 0.390 e. The summed E-state index contributed by atoms with van der Waals surface area (Å²) in [7, 11) is -3.46. The van der Waals surface area contributed by atoms with Crippen LogP contribution in [0.5, 0.6) is 0 Å². The lowest BCUT2D eigenvalue weighted by atomic mass is 10.1. The lowest BCUT2D eigenvalue weighted by Gasteiger charge is -2.03. The molecule has 1 aromatic carbocycles. The second-order valence-corrected chi connectivity index (χ2v) is 6.17. The van der Waals surface area contributed by atoms with Crippen molar-refractivity contribution in [1.82, 2.24) is 5.16 Å². The van der Waals surface area contributed by atoms with Gasteiger partial charge in [-0.15, -0.1) is 0 Å². The molecule has 2 rings (SSSR count). The van der Waals surface area contributed by atoms with E-state index in [9.17, 15) is 12.8 Å². The third-order valence-corrected chi connectivity index (χ3v) is 3.89. The van der Waals surface area contributed by atoms with Gasteiger partial charge in [-0.3, -0.25) is 0 Å². The van der Waals surface area contributed by atoms with E-state index in [1.165, 1.54) is 12.1 Å². The molecular weight excluding hydrogens is 273 g/mol. The first kappa shape index (κ1) is 13.7. The van der Waals surface area contributed by atoms with E-state index in [-0.39, 0.29) is 22.8 Å². The van der Waals surface area contributed by atoms with Gasteiger partial charge in [0.2, 0.25) is 0 Å². The Morgan fingerprint density at radius 3 is 2.58 bits per heavy atom. The summed E-state index contributed by atoms with van der Waals surface area (Å²) in [6, 6.07) is 3.56. The van der Waals surface area contributed by atoms with Crippen LogP contribution in [0.25, 0.3) is 11.3 Å². The van der Waals surface area contributed by atoms with Crippen LogP contribution in [0.15, 0.2) is 27.6 Å². The summed E-state index contributed by atoms with van der Waals surface area (Å²) < 4.78 is 41.6. The monoisotopic (exact) mass is 285 g/mol. The molecule has 0 aliphatic carbocycles. The van der Waals surface area contributed by atoms with Gasteiger partial charge in [0.15, 0.2) is 15.6 Å². The first-order chi connectivity index (χ1) is 8.84. The van der Waals surface area contributed by atoms with Crippen molar-refractivity contribution in [3.8, 4) is 11.3 Å². The highest BCUT2D eigenvalue weighted by molar-refractivity contribution is 7.90. The highest BCUT2D eigenvalue weighted by Crippen LogP contribution is 2.29. The molecule has 0 saturated carbocycles. The molecule has 0 radical (unpaired) electrons. The highest BCUT2D eigenvalue weighted by atomic mass is 32.2. The fraction of sp³-hybridized carbons (Fsp3) is 0.250. The summed E-state index contributed by atoms with van der Waals surface area (Å²) in [6.07, 6.45) is 1.00. The first-order valence-corrected chi connectivity index (χ1v) is 7.29. The Hall–Kier alpha value is -1.73. The molecule has 5 nitrogen and oxygen atoms in total. The van der Waals surface area contributed by atoms with Crippen LogP contribution in [0, 0.1) is 12.7 Å². The summed E-state index contributed by atoms with van der Waals surface area (Å²) in [4.78, 5) is -0.103. The molecule has 0 atom stereocenters. The summed E-state index contributed by atoms with van der Waals surface area (Å²) in [5.41, 5.74) is 0.951. The first-order valence-electron chi connectivity index (χ1n) is 5.40. The number of nitrogens with zero attached hydrogens (tertiary/aromatic N) is 1. The molecule has 0 amide bonds. The highest BCUT2D eigenvalue weighted by Gasteiger charge is 2.18. The number of hydrogen-bond donors (Lipinski definition) is 1. The summed E-state index contributed by atoms with van der Waals surface area (Å²) in [5.74, 6) is -0.534. The zero-order valence-electron chi connectivity index (χ0n) is 10.3. The fourth-order valence-corrected chi connectivity index (χ4v) is 2.31. The molecule has 1 N–H and O–H groups in total. The van der Waals surface area contributed by atoms with Crippen LogP contribution in [-0.2, 0) is 16.4 Å². The number of benzene rings is 1. The van der Waals surface area contributed by atoms with E-state index in [0.717, 1.165) is 12.3 Å². The average Bonchev–Trinajstić information content (AvgIpc) is 2.69. The van der Waals surface area contributed by atoms with Crippen LogP contribution in [0.1, 0.15) is 11.3 Å². The maximum atomic E-state index is 13.9. The number of rotatable bonds is 3. The Bertz CT molecular complexity index is 721. The molecule has 1 aromatic heterocycles. The summed E-state index contributed by atoms with van der Waals surface area (Å²) in [5, 5.41) is 12.6. The van der Waals surface area contributed by atoms with Crippen molar-refractivity contribution in [2.75, 3.05) is 6.26 Å². The van der Waals surface area contributed by atoms with Crippen molar-refractivity contribution in [3.63, 3.8) is 0 Å². The second-order valence-electron chi connectivity index (χ2n) is 4.16. The van der Waals surface area contributed by atoms with Crippen LogP contribution in [0.3, 0.4) is 0 Å². The molecule has 2 aromatic rings. The van der Waals surface area contributed by atoms with Crippen molar-refractivity contribution in [2.24, 2.45) is 0 Å². The smallest absolute Gasteiger partial charge is 0.175 e. The molecule has 0 saturated heterocycles. The van der Waals surface area contributed by atoms with Crippen LogP contribution in [0.4, 0.5) is 4.39 Å². The van der Waals surface area contributed by atoms with Gasteiger partial charge in [0.25, 0.3) is 0 Å². The van der Waals surface area contributed by atoms with Gasteiger partial charge in [-0.1, -0.05) is 5.16 Å². The van der Waals surface area contributed by atoms with Crippen LogP contribution >= 0.6 is 0 Å². The van der Waals surface area contributed by atoms with Crippen molar-refractivity contribution in [3.05, 3.63) is 35.3 Å². The van der Waals surface area contributed by atoms with Crippen molar-refractivity contribution in [1.29, 1.82) is 0 Å². The molecule has 0 aliphatic rings.